The molecule has 3 rings (SSSR count). The zero-order valence-corrected chi connectivity index (χ0v) is 13.2. The Morgan fingerprint density at radius 2 is 1.24 bits per heavy atom. The average Bonchev–Trinajstić information content (AvgIpc) is 2.46. The third kappa shape index (κ3) is 5.53. The Labute approximate surface area is 130 Å². The van der Waals surface area contributed by atoms with Crippen LogP contribution in [-0.2, 0) is 0 Å². The normalized spacial score (nSPS) is 10.9. The van der Waals surface area contributed by atoms with Crippen LogP contribution >= 0.6 is 0 Å². The fourth-order valence-corrected chi connectivity index (χ4v) is 3.94. The SMILES string of the molecule is [O-][Cl+3]([O-])([O-])[O-].c1ccc(-c2ccc3ccccc3[se+]2)cc1. The standard InChI is InChI=1S/C15H11Se.ClHO4/c1-2-6-12(7-3-1)15-11-10-13-8-4-5-9-14(13)16-15;2-1(3,4)5/h1-11H;(H,2,3,4,5)/q+1;/p-1. The summed E-state index contributed by atoms with van der Waals surface area (Å²) in [4.78, 5) is 0. The van der Waals surface area contributed by atoms with Gasteiger partial charge in [0.2, 0.25) is 0 Å². The van der Waals surface area contributed by atoms with E-state index in [1.807, 2.05) is 0 Å². The second kappa shape index (κ2) is 7.11. The molecule has 108 valence electrons. The molecule has 0 saturated carbocycles. The number of hydrogen-bond acceptors (Lipinski definition) is 4. The summed E-state index contributed by atoms with van der Waals surface area (Å²) in [6.07, 6.45) is 0. The van der Waals surface area contributed by atoms with Gasteiger partial charge in [-0.05, 0) is 0 Å². The Morgan fingerprint density at radius 3 is 1.90 bits per heavy atom. The van der Waals surface area contributed by atoms with Crippen molar-refractivity contribution in [2.45, 2.75) is 0 Å². The molecule has 0 saturated heterocycles. The molecule has 0 spiro atoms. The second-order valence-electron chi connectivity index (χ2n) is 4.08. The van der Waals surface area contributed by atoms with Crippen LogP contribution in [0.2, 0.25) is 0 Å². The fraction of sp³-hybridized carbons (Fsp3) is 0. The van der Waals surface area contributed by atoms with Crippen molar-refractivity contribution < 1.29 is 28.9 Å². The van der Waals surface area contributed by atoms with Gasteiger partial charge >= 0.3 is 101 Å². The molecule has 0 N–H and O–H groups in total. The van der Waals surface area contributed by atoms with Crippen LogP contribution in [0.5, 0.6) is 0 Å². The van der Waals surface area contributed by atoms with Crippen molar-refractivity contribution in [3.8, 4) is 10.0 Å². The quantitative estimate of drug-likeness (QED) is 0.519. The molecular weight excluding hydrogens is 359 g/mol. The van der Waals surface area contributed by atoms with Crippen LogP contribution in [0.4, 0.5) is 0 Å². The first-order valence-electron chi connectivity index (χ1n) is 5.92. The van der Waals surface area contributed by atoms with Crippen LogP contribution in [0, 0.1) is 10.2 Å². The molecule has 1 heterocycles. The van der Waals surface area contributed by atoms with Gasteiger partial charge in [0.25, 0.3) is 0 Å². The van der Waals surface area contributed by atoms with E-state index in [-0.39, 0.29) is 0 Å². The molecule has 0 radical (unpaired) electrons. The molecule has 4 nitrogen and oxygen atoms in total. The van der Waals surface area contributed by atoms with Crippen LogP contribution in [0.3, 0.4) is 0 Å². The molecule has 3 aromatic rings. The van der Waals surface area contributed by atoms with Crippen molar-refractivity contribution in [3.63, 3.8) is 0 Å². The fourth-order valence-electron chi connectivity index (χ4n) is 1.79. The van der Waals surface area contributed by atoms with Crippen molar-refractivity contribution in [1.29, 1.82) is 0 Å². The Balaban J connectivity index is 0.000000282. The molecule has 0 unspecified atom stereocenters. The van der Waals surface area contributed by atoms with Crippen molar-refractivity contribution in [2.24, 2.45) is 0 Å². The second-order valence-corrected chi connectivity index (χ2v) is 7.11. The first kappa shape index (κ1) is 16.1. The van der Waals surface area contributed by atoms with Gasteiger partial charge in [0, 0.05) is 0 Å². The summed E-state index contributed by atoms with van der Waals surface area (Å²) in [5.74, 6) is 0. The maximum atomic E-state index is 8.49. The molecule has 0 atom stereocenters. The molecule has 21 heavy (non-hydrogen) atoms. The van der Waals surface area contributed by atoms with Gasteiger partial charge in [-0.25, -0.2) is 18.6 Å². The van der Waals surface area contributed by atoms with Gasteiger partial charge in [-0.15, -0.1) is 10.2 Å². The monoisotopic (exact) mass is 370 g/mol. The van der Waals surface area contributed by atoms with E-state index in [4.69, 9.17) is 18.6 Å². The third-order valence-corrected chi connectivity index (χ3v) is 5.09. The molecular formula is C15H11ClO4Se. The molecule has 0 aliphatic carbocycles. The predicted molar refractivity (Wildman–Crippen MR) is 70.7 cm³/mol. The van der Waals surface area contributed by atoms with Crippen molar-refractivity contribution in [3.05, 3.63) is 66.7 Å². The van der Waals surface area contributed by atoms with Crippen molar-refractivity contribution >= 4 is 24.1 Å². The number of rotatable bonds is 1. The van der Waals surface area contributed by atoms with E-state index in [0.717, 1.165) is 0 Å². The predicted octanol–water partition coefficient (Wildman–Crippen LogP) is -0.911. The summed E-state index contributed by atoms with van der Waals surface area (Å²) in [7, 11) is -4.94. The maximum absolute atomic E-state index is 8.49. The van der Waals surface area contributed by atoms with Gasteiger partial charge in [-0.2, -0.15) is 0 Å². The zero-order chi connectivity index (χ0) is 15.3. The van der Waals surface area contributed by atoms with E-state index in [2.05, 4.69) is 66.7 Å². The summed E-state index contributed by atoms with van der Waals surface area (Å²) in [5, 5.41) is 1.38. The van der Waals surface area contributed by atoms with Gasteiger partial charge < -0.3 is 0 Å². The number of fused-ring (bicyclic) bond motifs is 1. The van der Waals surface area contributed by atoms with Gasteiger partial charge in [0.1, 0.15) is 0 Å². The van der Waals surface area contributed by atoms with E-state index in [1.165, 1.54) is 19.6 Å². The molecule has 6 heteroatoms. The molecule has 0 aliphatic heterocycles. The Hall–Kier alpha value is -1.30. The minimum absolute atomic E-state index is 0.437. The van der Waals surface area contributed by atoms with Crippen LogP contribution in [-0.4, -0.2) is 14.5 Å². The van der Waals surface area contributed by atoms with E-state index in [0.29, 0.717) is 14.5 Å². The summed E-state index contributed by atoms with van der Waals surface area (Å²) < 4.78 is 36.9. The molecule has 0 aliphatic rings. The van der Waals surface area contributed by atoms with Gasteiger partial charge in [0.15, 0.2) is 0 Å². The summed E-state index contributed by atoms with van der Waals surface area (Å²) in [6, 6.07) is 23.8. The molecule has 0 amide bonds. The van der Waals surface area contributed by atoms with E-state index in [1.54, 1.807) is 0 Å². The Kier molecular flexibility index (Phi) is 5.44. The molecule has 2 aromatic carbocycles. The van der Waals surface area contributed by atoms with Crippen molar-refractivity contribution in [2.75, 3.05) is 0 Å². The summed E-state index contributed by atoms with van der Waals surface area (Å²) >= 11 is 0.437. The van der Waals surface area contributed by atoms with E-state index in [9.17, 15) is 0 Å². The number of benzene rings is 2. The van der Waals surface area contributed by atoms with Crippen molar-refractivity contribution in [1.82, 2.24) is 0 Å². The molecule has 1 aromatic heterocycles. The number of halogens is 1. The number of hydrogen-bond donors (Lipinski definition) is 0. The van der Waals surface area contributed by atoms with Crippen LogP contribution in [0.15, 0.2) is 66.7 Å². The first-order chi connectivity index (χ1) is 9.93. The zero-order valence-electron chi connectivity index (χ0n) is 10.8. The average molecular weight is 370 g/mol. The van der Waals surface area contributed by atoms with Crippen LogP contribution in [0.25, 0.3) is 19.6 Å². The van der Waals surface area contributed by atoms with Crippen LogP contribution < -0.4 is 18.6 Å². The summed E-state index contributed by atoms with van der Waals surface area (Å²) in [5.41, 5.74) is 1.35. The Morgan fingerprint density at radius 1 is 0.667 bits per heavy atom. The van der Waals surface area contributed by atoms with Gasteiger partial charge in [0.05, 0.1) is 0 Å². The minimum atomic E-state index is -4.94. The van der Waals surface area contributed by atoms with E-state index >= 15 is 0 Å². The van der Waals surface area contributed by atoms with Crippen LogP contribution in [0.1, 0.15) is 0 Å². The summed E-state index contributed by atoms with van der Waals surface area (Å²) in [6.45, 7) is 0. The topological polar surface area (TPSA) is 92.2 Å². The van der Waals surface area contributed by atoms with Gasteiger partial charge in [-0.3, -0.25) is 0 Å². The third-order valence-electron chi connectivity index (χ3n) is 2.61. The Bertz CT molecular complexity index is 707. The first-order valence-corrected chi connectivity index (χ1v) is 8.87. The molecule has 0 fully saturated rings. The van der Waals surface area contributed by atoms with E-state index < -0.39 is 10.2 Å². The van der Waals surface area contributed by atoms with Gasteiger partial charge in [-0.1, -0.05) is 0 Å². The molecule has 0 bridgehead atoms.